The lowest BCUT2D eigenvalue weighted by Gasteiger charge is -2.32. The summed E-state index contributed by atoms with van der Waals surface area (Å²) in [6, 6.07) is 7.62. The number of hydrogen-bond donors (Lipinski definition) is 2. The van der Waals surface area contributed by atoms with E-state index in [1.807, 2.05) is 43.1 Å². The average molecular weight is 317 g/mol. The van der Waals surface area contributed by atoms with E-state index in [4.69, 9.17) is 0 Å². The van der Waals surface area contributed by atoms with Crippen LogP contribution in [0.25, 0.3) is 0 Å². The Morgan fingerprint density at radius 2 is 1.96 bits per heavy atom. The van der Waals surface area contributed by atoms with Crippen LogP contribution in [0.5, 0.6) is 0 Å². The number of rotatable bonds is 6. The van der Waals surface area contributed by atoms with Crippen molar-refractivity contribution in [3.8, 4) is 0 Å². The molecule has 5 heteroatoms. The molecule has 1 aliphatic rings. The topological polar surface area (TPSA) is 61.4 Å². The molecule has 1 saturated heterocycles. The van der Waals surface area contributed by atoms with Crippen molar-refractivity contribution in [3.63, 3.8) is 0 Å². The number of piperidine rings is 1. The Morgan fingerprint density at radius 3 is 2.65 bits per heavy atom. The molecule has 1 fully saturated rings. The molecule has 1 unspecified atom stereocenters. The lowest BCUT2D eigenvalue weighted by molar-refractivity contribution is -0.126. The fourth-order valence-corrected chi connectivity index (χ4v) is 2.88. The highest BCUT2D eigenvalue weighted by atomic mass is 16.2. The van der Waals surface area contributed by atoms with Gasteiger partial charge in [-0.3, -0.25) is 9.59 Å². The van der Waals surface area contributed by atoms with Gasteiger partial charge in [0, 0.05) is 25.2 Å². The number of likely N-dealkylation sites (tertiary alicyclic amines) is 1. The van der Waals surface area contributed by atoms with Crippen LogP contribution < -0.4 is 10.6 Å². The number of nitrogens with zero attached hydrogens (tertiary/aromatic N) is 1. The molecule has 0 bridgehead atoms. The van der Waals surface area contributed by atoms with Gasteiger partial charge in [0.25, 0.3) is 5.91 Å². The highest BCUT2D eigenvalue weighted by Gasteiger charge is 2.28. The van der Waals surface area contributed by atoms with Gasteiger partial charge >= 0.3 is 0 Å². The van der Waals surface area contributed by atoms with Crippen LogP contribution >= 0.6 is 0 Å². The molecule has 1 heterocycles. The molecule has 5 nitrogen and oxygen atoms in total. The Bertz CT molecular complexity index is 528. The van der Waals surface area contributed by atoms with Crippen LogP contribution in [0.15, 0.2) is 24.3 Å². The lowest BCUT2D eigenvalue weighted by atomic mass is 9.96. The first-order valence-electron chi connectivity index (χ1n) is 8.40. The Hall–Kier alpha value is -1.88. The van der Waals surface area contributed by atoms with Gasteiger partial charge < -0.3 is 15.5 Å². The molecule has 0 aromatic heterocycles. The molecule has 0 aliphatic carbocycles. The van der Waals surface area contributed by atoms with Crippen LogP contribution in [0.3, 0.4) is 0 Å². The van der Waals surface area contributed by atoms with Gasteiger partial charge in [0.1, 0.15) is 0 Å². The first-order valence-corrected chi connectivity index (χ1v) is 8.40. The van der Waals surface area contributed by atoms with Gasteiger partial charge in [0.05, 0.1) is 5.92 Å². The SMILES string of the molecule is CNCCCNC(=O)C1CCCN(C(=O)c2ccc(C)cc2)C1. The van der Waals surface area contributed by atoms with E-state index in [1.165, 1.54) is 0 Å². The first-order chi connectivity index (χ1) is 11.1. The average Bonchev–Trinajstić information content (AvgIpc) is 2.59. The van der Waals surface area contributed by atoms with E-state index in [1.54, 1.807) is 0 Å². The minimum Gasteiger partial charge on any atom is -0.356 e. The molecule has 23 heavy (non-hydrogen) atoms. The van der Waals surface area contributed by atoms with Gasteiger partial charge in [0.15, 0.2) is 0 Å². The summed E-state index contributed by atoms with van der Waals surface area (Å²) in [7, 11) is 1.90. The van der Waals surface area contributed by atoms with Crippen molar-refractivity contribution in [2.45, 2.75) is 26.2 Å². The number of amides is 2. The molecule has 0 saturated carbocycles. The summed E-state index contributed by atoms with van der Waals surface area (Å²) in [6.07, 6.45) is 2.66. The van der Waals surface area contributed by atoms with Gasteiger partial charge in [-0.1, -0.05) is 17.7 Å². The maximum absolute atomic E-state index is 12.6. The van der Waals surface area contributed by atoms with Crippen molar-refractivity contribution in [2.24, 2.45) is 5.92 Å². The molecule has 0 radical (unpaired) electrons. The molecular weight excluding hydrogens is 290 g/mol. The van der Waals surface area contributed by atoms with E-state index in [-0.39, 0.29) is 17.7 Å². The van der Waals surface area contributed by atoms with E-state index in [2.05, 4.69) is 10.6 Å². The Balaban J connectivity index is 1.88. The molecule has 1 aromatic rings. The predicted molar refractivity (Wildman–Crippen MR) is 91.4 cm³/mol. The van der Waals surface area contributed by atoms with E-state index in [0.717, 1.165) is 37.9 Å². The van der Waals surface area contributed by atoms with Crippen molar-refractivity contribution in [1.82, 2.24) is 15.5 Å². The van der Waals surface area contributed by atoms with Gasteiger partial charge in [-0.05, 0) is 51.9 Å². The van der Waals surface area contributed by atoms with Crippen LogP contribution in [-0.4, -0.2) is 49.9 Å². The summed E-state index contributed by atoms with van der Waals surface area (Å²) < 4.78 is 0. The van der Waals surface area contributed by atoms with Crippen molar-refractivity contribution >= 4 is 11.8 Å². The molecule has 1 atom stereocenters. The van der Waals surface area contributed by atoms with Gasteiger partial charge in [-0.25, -0.2) is 0 Å². The zero-order valence-corrected chi connectivity index (χ0v) is 14.1. The number of benzene rings is 1. The van der Waals surface area contributed by atoms with Crippen LogP contribution in [0, 0.1) is 12.8 Å². The van der Waals surface area contributed by atoms with Gasteiger partial charge in [-0.15, -0.1) is 0 Å². The molecule has 2 rings (SSSR count). The minimum absolute atomic E-state index is 0.0256. The highest BCUT2D eigenvalue weighted by Crippen LogP contribution is 2.19. The molecule has 1 aliphatic heterocycles. The fourth-order valence-electron chi connectivity index (χ4n) is 2.88. The number of nitrogens with one attached hydrogen (secondary N) is 2. The first kappa shape index (κ1) is 17.5. The standard InChI is InChI=1S/C18H27N3O2/c1-14-6-8-15(9-7-14)18(23)21-12-3-5-16(13-21)17(22)20-11-4-10-19-2/h6-9,16,19H,3-5,10-13H2,1-2H3,(H,20,22). The molecular formula is C18H27N3O2. The molecule has 126 valence electrons. The summed E-state index contributed by atoms with van der Waals surface area (Å²) in [5, 5.41) is 6.04. The smallest absolute Gasteiger partial charge is 0.253 e. The summed E-state index contributed by atoms with van der Waals surface area (Å²) in [4.78, 5) is 26.6. The second kappa shape index (κ2) is 8.67. The van der Waals surface area contributed by atoms with Crippen molar-refractivity contribution in [2.75, 3.05) is 33.2 Å². The van der Waals surface area contributed by atoms with Crippen molar-refractivity contribution in [1.29, 1.82) is 0 Å². The maximum Gasteiger partial charge on any atom is 0.253 e. The van der Waals surface area contributed by atoms with Crippen LogP contribution in [-0.2, 0) is 4.79 Å². The third-order valence-corrected chi connectivity index (χ3v) is 4.28. The van der Waals surface area contributed by atoms with E-state index < -0.39 is 0 Å². The predicted octanol–water partition coefficient (Wildman–Crippen LogP) is 1.57. The van der Waals surface area contributed by atoms with Crippen molar-refractivity contribution in [3.05, 3.63) is 35.4 Å². The highest BCUT2D eigenvalue weighted by molar-refractivity contribution is 5.94. The number of hydrogen-bond acceptors (Lipinski definition) is 3. The number of aryl methyl sites for hydroxylation is 1. The quantitative estimate of drug-likeness (QED) is 0.783. The van der Waals surface area contributed by atoms with E-state index in [0.29, 0.717) is 18.7 Å². The monoisotopic (exact) mass is 317 g/mol. The normalized spacial score (nSPS) is 17.8. The van der Waals surface area contributed by atoms with Gasteiger partial charge in [0.2, 0.25) is 5.91 Å². The second-order valence-corrected chi connectivity index (χ2v) is 6.20. The summed E-state index contributed by atoms with van der Waals surface area (Å²) >= 11 is 0. The maximum atomic E-state index is 12.6. The van der Waals surface area contributed by atoms with Crippen LogP contribution in [0.1, 0.15) is 35.2 Å². The summed E-state index contributed by atoms with van der Waals surface area (Å²) in [5.41, 5.74) is 1.84. The zero-order chi connectivity index (χ0) is 16.7. The molecule has 0 spiro atoms. The third kappa shape index (κ3) is 5.06. The Kier molecular flexibility index (Phi) is 6.59. The Morgan fingerprint density at radius 1 is 1.22 bits per heavy atom. The van der Waals surface area contributed by atoms with Gasteiger partial charge in [-0.2, -0.15) is 0 Å². The summed E-state index contributed by atoms with van der Waals surface area (Å²) in [5.74, 6) is 0.00734. The van der Waals surface area contributed by atoms with Crippen molar-refractivity contribution < 1.29 is 9.59 Å². The largest absolute Gasteiger partial charge is 0.356 e. The lowest BCUT2D eigenvalue weighted by Crippen LogP contribution is -2.45. The molecule has 1 aromatic carbocycles. The number of carbonyl (C=O) groups is 2. The molecule has 2 N–H and O–H groups in total. The third-order valence-electron chi connectivity index (χ3n) is 4.28. The minimum atomic E-state index is -0.0901. The Labute approximate surface area is 138 Å². The number of carbonyl (C=O) groups excluding carboxylic acids is 2. The van der Waals surface area contributed by atoms with E-state index in [9.17, 15) is 9.59 Å². The second-order valence-electron chi connectivity index (χ2n) is 6.20. The fraction of sp³-hybridized carbons (Fsp3) is 0.556. The van der Waals surface area contributed by atoms with E-state index >= 15 is 0 Å². The summed E-state index contributed by atoms with van der Waals surface area (Å²) in [6.45, 7) is 4.83. The molecule has 2 amide bonds. The van der Waals surface area contributed by atoms with Crippen LogP contribution in [0.4, 0.5) is 0 Å². The van der Waals surface area contributed by atoms with Crippen LogP contribution in [0.2, 0.25) is 0 Å². The zero-order valence-electron chi connectivity index (χ0n) is 14.1.